The molecule has 0 fully saturated rings. The minimum absolute atomic E-state index is 0.819. The molecule has 0 radical (unpaired) electrons. The zero-order valence-electron chi connectivity index (χ0n) is 10.7. The number of aromatic nitrogens is 2. The second-order valence-electron chi connectivity index (χ2n) is 4.50. The summed E-state index contributed by atoms with van der Waals surface area (Å²) in [5, 5.41) is 3.11. The fraction of sp³-hybridized carbons (Fsp3) is 0.357. The molecule has 0 saturated carbocycles. The van der Waals surface area contributed by atoms with Crippen LogP contribution in [-0.2, 0) is 13.1 Å². The molecule has 0 aliphatic carbocycles. The van der Waals surface area contributed by atoms with E-state index in [-0.39, 0.29) is 0 Å². The first-order chi connectivity index (χ1) is 8.19. The topological polar surface area (TPSA) is 29.9 Å². The third kappa shape index (κ3) is 2.94. The Morgan fingerprint density at radius 2 is 2.12 bits per heavy atom. The molecule has 2 rings (SSSR count). The summed E-state index contributed by atoms with van der Waals surface area (Å²) in [6.07, 6.45) is 3.99. The molecule has 0 atom stereocenters. The van der Waals surface area contributed by atoms with Gasteiger partial charge in [-0.3, -0.25) is 0 Å². The number of nitrogens with one attached hydrogen (secondary N) is 1. The van der Waals surface area contributed by atoms with Crippen molar-refractivity contribution in [2.45, 2.75) is 26.9 Å². The molecule has 1 aromatic carbocycles. The first-order valence-electron chi connectivity index (χ1n) is 5.90. The SMILES string of the molecule is CNCc1cn(Cc2cc(C)ccc2C)cn1. The van der Waals surface area contributed by atoms with Crippen LogP contribution in [0, 0.1) is 13.8 Å². The molecule has 0 aliphatic rings. The van der Waals surface area contributed by atoms with Gasteiger partial charge in [-0.25, -0.2) is 4.98 Å². The average molecular weight is 229 g/mol. The van der Waals surface area contributed by atoms with E-state index in [1.54, 1.807) is 0 Å². The first-order valence-corrected chi connectivity index (χ1v) is 5.90. The fourth-order valence-electron chi connectivity index (χ4n) is 1.93. The predicted octanol–water partition coefficient (Wildman–Crippen LogP) is 2.27. The number of imidazole rings is 1. The Balaban J connectivity index is 2.16. The van der Waals surface area contributed by atoms with Gasteiger partial charge >= 0.3 is 0 Å². The van der Waals surface area contributed by atoms with Crippen molar-refractivity contribution in [1.82, 2.24) is 14.9 Å². The van der Waals surface area contributed by atoms with Gasteiger partial charge in [0, 0.05) is 19.3 Å². The van der Waals surface area contributed by atoms with E-state index in [1.165, 1.54) is 16.7 Å². The first kappa shape index (κ1) is 11.9. The van der Waals surface area contributed by atoms with Crippen LogP contribution in [0.4, 0.5) is 0 Å². The van der Waals surface area contributed by atoms with Crippen molar-refractivity contribution < 1.29 is 0 Å². The molecule has 0 unspecified atom stereocenters. The molecule has 3 nitrogen and oxygen atoms in total. The van der Waals surface area contributed by atoms with Gasteiger partial charge in [-0.1, -0.05) is 23.8 Å². The lowest BCUT2D eigenvalue weighted by Gasteiger charge is -2.07. The van der Waals surface area contributed by atoms with Crippen LogP contribution in [-0.4, -0.2) is 16.6 Å². The molecule has 1 N–H and O–H groups in total. The number of nitrogens with zero attached hydrogens (tertiary/aromatic N) is 2. The molecule has 0 amide bonds. The zero-order chi connectivity index (χ0) is 12.3. The average Bonchev–Trinajstić information content (AvgIpc) is 2.72. The van der Waals surface area contributed by atoms with E-state index >= 15 is 0 Å². The summed E-state index contributed by atoms with van der Waals surface area (Å²) in [4.78, 5) is 4.35. The number of rotatable bonds is 4. The Bertz CT molecular complexity index is 500. The van der Waals surface area contributed by atoms with E-state index in [0.717, 1.165) is 18.8 Å². The molecule has 1 heterocycles. The molecule has 0 spiro atoms. The summed E-state index contributed by atoms with van der Waals surface area (Å²) in [6.45, 7) is 5.99. The minimum atomic E-state index is 0.819. The number of benzene rings is 1. The third-order valence-corrected chi connectivity index (χ3v) is 2.90. The maximum Gasteiger partial charge on any atom is 0.0953 e. The summed E-state index contributed by atoms with van der Waals surface area (Å²) in [5.74, 6) is 0. The second kappa shape index (κ2) is 5.15. The highest BCUT2D eigenvalue weighted by Gasteiger charge is 2.02. The monoisotopic (exact) mass is 229 g/mol. The normalized spacial score (nSPS) is 10.8. The second-order valence-corrected chi connectivity index (χ2v) is 4.50. The van der Waals surface area contributed by atoms with Crippen molar-refractivity contribution in [2.24, 2.45) is 0 Å². The van der Waals surface area contributed by atoms with Crippen molar-refractivity contribution in [3.05, 3.63) is 53.1 Å². The van der Waals surface area contributed by atoms with Crippen molar-refractivity contribution in [3.63, 3.8) is 0 Å². The summed E-state index contributed by atoms with van der Waals surface area (Å²) in [6, 6.07) is 6.57. The third-order valence-electron chi connectivity index (χ3n) is 2.90. The van der Waals surface area contributed by atoms with Crippen LogP contribution in [0.25, 0.3) is 0 Å². The predicted molar refractivity (Wildman–Crippen MR) is 70.0 cm³/mol. The molecule has 2 aromatic rings. The van der Waals surface area contributed by atoms with E-state index in [1.807, 2.05) is 13.4 Å². The van der Waals surface area contributed by atoms with Gasteiger partial charge in [0.05, 0.1) is 12.0 Å². The van der Waals surface area contributed by atoms with E-state index in [0.29, 0.717) is 0 Å². The van der Waals surface area contributed by atoms with Crippen LogP contribution < -0.4 is 5.32 Å². The Hall–Kier alpha value is -1.61. The summed E-state index contributed by atoms with van der Waals surface area (Å²) >= 11 is 0. The van der Waals surface area contributed by atoms with E-state index in [9.17, 15) is 0 Å². The van der Waals surface area contributed by atoms with E-state index in [4.69, 9.17) is 0 Å². The van der Waals surface area contributed by atoms with Gasteiger partial charge in [0.15, 0.2) is 0 Å². The van der Waals surface area contributed by atoms with Crippen LogP contribution in [0.1, 0.15) is 22.4 Å². The van der Waals surface area contributed by atoms with E-state index in [2.05, 4.69) is 53.1 Å². The Labute approximate surface area is 103 Å². The highest BCUT2D eigenvalue weighted by atomic mass is 15.0. The zero-order valence-corrected chi connectivity index (χ0v) is 10.7. The Kier molecular flexibility index (Phi) is 3.59. The molecule has 3 heteroatoms. The van der Waals surface area contributed by atoms with Gasteiger partial charge in [-0.15, -0.1) is 0 Å². The van der Waals surface area contributed by atoms with Crippen LogP contribution in [0.15, 0.2) is 30.7 Å². The van der Waals surface area contributed by atoms with Crippen molar-refractivity contribution >= 4 is 0 Å². The van der Waals surface area contributed by atoms with Crippen LogP contribution in [0.5, 0.6) is 0 Å². The molecule has 17 heavy (non-hydrogen) atoms. The maximum atomic E-state index is 4.35. The summed E-state index contributed by atoms with van der Waals surface area (Å²) in [5.41, 5.74) is 5.08. The van der Waals surface area contributed by atoms with Crippen LogP contribution >= 0.6 is 0 Å². The van der Waals surface area contributed by atoms with Crippen molar-refractivity contribution in [3.8, 4) is 0 Å². The molecule has 90 valence electrons. The Morgan fingerprint density at radius 3 is 2.88 bits per heavy atom. The summed E-state index contributed by atoms with van der Waals surface area (Å²) < 4.78 is 2.13. The number of aryl methyl sites for hydroxylation is 2. The molecule has 0 bridgehead atoms. The van der Waals surface area contributed by atoms with E-state index < -0.39 is 0 Å². The highest BCUT2D eigenvalue weighted by molar-refractivity contribution is 5.30. The number of hydrogen-bond acceptors (Lipinski definition) is 2. The lowest BCUT2D eigenvalue weighted by atomic mass is 10.1. The molecular weight excluding hydrogens is 210 g/mol. The molecule has 1 aromatic heterocycles. The molecule has 0 saturated heterocycles. The van der Waals surface area contributed by atoms with Gasteiger partial charge in [0.1, 0.15) is 0 Å². The van der Waals surface area contributed by atoms with Gasteiger partial charge in [-0.05, 0) is 32.0 Å². The van der Waals surface area contributed by atoms with Crippen molar-refractivity contribution in [1.29, 1.82) is 0 Å². The van der Waals surface area contributed by atoms with Crippen molar-refractivity contribution in [2.75, 3.05) is 7.05 Å². The smallest absolute Gasteiger partial charge is 0.0953 e. The van der Waals surface area contributed by atoms with Gasteiger partial charge < -0.3 is 9.88 Å². The molecule has 0 aliphatic heterocycles. The number of hydrogen-bond donors (Lipinski definition) is 1. The highest BCUT2D eigenvalue weighted by Crippen LogP contribution is 2.12. The quantitative estimate of drug-likeness (QED) is 0.871. The lowest BCUT2D eigenvalue weighted by Crippen LogP contribution is -2.05. The fourth-order valence-corrected chi connectivity index (χ4v) is 1.93. The van der Waals surface area contributed by atoms with Gasteiger partial charge in [0.2, 0.25) is 0 Å². The van der Waals surface area contributed by atoms with Crippen LogP contribution in [0.3, 0.4) is 0 Å². The maximum absolute atomic E-state index is 4.35. The summed E-state index contributed by atoms with van der Waals surface area (Å²) in [7, 11) is 1.93. The van der Waals surface area contributed by atoms with Gasteiger partial charge in [0.25, 0.3) is 0 Å². The molecular formula is C14H19N3. The Morgan fingerprint density at radius 1 is 1.29 bits per heavy atom. The minimum Gasteiger partial charge on any atom is -0.333 e. The van der Waals surface area contributed by atoms with Gasteiger partial charge in [-0.2, -0.15) is 0 Å². The largest absolute Gasteiger partial charge is 0.333 e. The lowest BCUT2D eigenvalue weighted by molar-refractivity contribution is 0.779. The standard InChI is InChI=1S/C14H19N3/c1-11-4-5-12(2)13(6-11)8-17-9-14(7-15-3)16-10-17/h4-6,9-10,15H,7-8H2,1-3H3. The van der Waals surface area contributed by atoms with Crippen LogP contribution in [0.2, 0.25) is 0 Å².